The number of esters is 1. The van der Waals surface area contributed by atoms with Crippen LogP contribution in [0.4, 0.5) is 4.79 Å². The number of ether oxygens (including phenoxy) is 2. The Bertz CT molecular complexity index is 468. The van der Waals surface area contributed by atoms with Crippen LogP contribution in [0.2, 0.25) is 0 Å². The van der Waals surface area contributed by atoms with E-state index in [0.717, 1.165) is 0 Å². The fraction of sp³-hybridized carbons (Fsp3) is 0.615. The van der Waals surface area contributed by atoms with Gasteiger partial charge >= 0.3 is 12.1 Å². The van der Waals surface area contributed by atoms with Crippen LogP contribution in [0.15, 0.2) is 12.2 Å². The number of nitrogens with zero attached hydrogens (tertiary/aromatic N) is 2. The van der Waals surface area contributed by atoms with Crippen molar-refractivity contribution in [1.29, 1.82) is 5.26 Å². The Morgan fingerprint density at radius 1 is 1.53 bits per heavy atom. The SMILES string of the molecule is CCOC(=O)N1C[C@H]2C=C[C@@H]1[C@@](C#N)(OC(C)=O)C2. The van der Waals surface area contributed by atoms with Crippen LogP contribution in [0.25, 0.3) is 0 Å². The number of carbonyl (C=O) groups excluding carboxylic acids is 2. The summed E-state index contributed by atoms with van der Waals surface area (Å²) in [6, 6.07) is 1.49. The highest BCUT2D eigenvalue weighted by atomic mass is 16.6. The van der Waals surface area contributed by atoms with Crippen LogP contribution >= 0.6 is 0 Å². The zero-order valence-corrected chi connectivity index (χ0v) is 11.0. The zero-order valence-electron chi connectivity index (χ0n) is 11.0. The van der Waals surface area contributed by atoms with Gasteiger partial charge in [0.1, 0.15) is 12.1 Å². The maximum Gasteiger partial charge on any atom is 0.410 e. The smallest absolute Gasteiger partial charge is 0.410 e. The van der Waals surface area contributed by atoms with Crippen LogP contribution < -0.4 is 0 Å². The number of nitriles is 1. The van der Waals surface area contributed by atoms with Gasteiger partial charge in [0.2, 0.25) is 5.60 Å². The first-order valence-electron chi connectivity index (χ1n) is 6.25. The Kier molecular flexibility index (Phi) is 3.47. The lowest BCUT2D eigenvalue weighted by molar-refractivity contribution is -0.161. The van der Waals surface area contributed by atoms with Gasteiger partial charge in [0, 0.05) is 19.9 Å². The topological polar surface area (TPSA) is 79.6 Å². The van der Waals surface area contributed by atoms with E-state index in [2.05, 4.69) is 6.07 Å². The largest absolute Gasteiger partial charge is 0.450 e. The molecule has 2 aliphatic heterocycles. The van der Waals surface area contributed by atoms with Crippen LogP contribution in [0.3, 0.4) is 0 Å². The summed E-state index contributed by atoms with van der Waals surface area (Å²) in [7, 11) is 0. The van der Waals surface area contributed by atoms with Gasteiger partial charge in [-0.2, -0.15) is 5.26 Å². The Hall–Kier alpha value is -2.03. The molecule has 3 rings (SSSR count). The Balaban J connectivity index is 2.29. The summed E-state index contributed by atoms with van der Waals surface area (Å²) in [4.78, 5) is 24.6. The second kappa shape index (κ2) is 4.92. The van der Waals surface area contributed by atoms with Crippen LogP contribution in [0.1, 0.15) is 20.3 Å². The molecule has 0 aromatic heterocycles. The van der Waals surface area contributed by atoms with Crippen molar-refractivity contribution in [3.8, 4) is 6.07 Å². The van der Waals surface area contributed by atoms with Crippen LogP contribution in [-0.4, -0.2) is 41.8 Å². The predicted molar refractivity (Wildman–Crippen MR) is 64.9 cm³/mol. The lowest BCUT2D eigenvalue weighted by Gasteiger charge is -2.48. The highest BCUT2D eigenvalue weighted by Gasteiger charge is 2.54. The Labute approximate surface area is 111 Å². The number of hydrogen-bond acceptors (Lipinski definition) is 5. The second-order valence-electron chi connectivity index (χ2n) is 4.74. The number of piperidine rings is 1. The van der Waals surface area contributed by atoms with Crippen molar-refractivity contribution < 1.29 is 19.1 Å². The highest BCUT2D eigenvalue weighted by molar-refractivity contribution is 5.71. The van der Waals surface area contributed by atoms with Crippen molar-refractivity contribution in [2.45, 2.75) is 31.9 Å². The minimum absolute atomic E-state index is 0.00778. The number of fused-ring (bicyclic) bond motifs is 2. The molecule has 1 amide bonds. The van der Waals surface area contributed by atoms with Crippen LogP contribution in [-0.2, 0) is 14.3 Å². The molecule has 1 fully saturated rings. The van der Waals surface area contributed by atoms with E-state index in [1.54, 1.807) is 13.0 Å². The molecule has 102 valence electrons. The standard InChI is InChI=1S/C13H16N2O4/c1-3-18-12(17)15-7-10-4-5-11(15)13(6-10,8-14)19-9(2)16/h4-5,10-11H,3,6-7H2,1-2H3/t10-,11+,13+/m0/s1. The summed E-state index contributed by atoms with van der Waals surface area (Å²) in [6.45, 7) is 3.74. The van der Waals surface area contributed by atoms with E-state index in [-0.39, 0.29) is 12.5 Å². The van der Waals surface area contributed by atoms with Crippen LogP contribution in [0.5, 0.6) is 0 Å². The molecule has 19 heavy (non-hydrogen) atoms. The first-order valence-corrected chi connectivity index (χ1v) is 6.25. The number of rotatable bonds is 2. The average molecular weight is 264 g/mol. The van der Waals surface area contributed by atoms with E-state index in [0.29, 0.717) is 13.0 Å². The third-order valence-corrected chi connectivity index (χ3v) is 3.39. The van der Waals surface area contributed by atoms with Gasteiger partial charge in [-0.25, -0.2) is 4.79 Å². The molecule has 2 bridgehead atoms. The highest BCUT2D eigenvalue weighted by Crippen LogP contribution is 2.40. The van der Waals surface area contributed by atoms with E-state index in [1.807, 2.05) is 6.08 Å². The Morgan fingerprint density at radius 3 is 2.79 bits per heavy atom. The fourth-order valence-corrected chi connectivity index (χ4v) is 2.73. The van der Waals surface area contributed by atoms with E-state index in [4.69, 9.17) is 9.47 Å². The quantitative estimate of drug-likeness (QED) is 0.553. The molecule has 2 heterocycles. The molecule has 6 nitrogen and oxygen atoms in total. The molecule has 3 aliphatic rings. The van der Waals surface area contributed by atoms with Gasteiger partial charge in [-0.1, -0.05) is 12.2 Å². The zero-order chi connectivity index (χ0) is 14.0. The summed E-state index contributed by atoms with van der Waals surface area (Å²) in [5.74, 6) is -0.514. The normalized spacial score (nSPS) is 31.7. The number of carbonyl (C=O) groups is 2. The van der Waals surface area contributed by atoms with Gasteiger partial charge in [0.15, 0.2) is 0 Å². The first-order chi connectivity index (χ1) is 9.02. The lowest BCUT2D eigenvalue weighted by Crippen LogP contribution is -2.63. The summed E-state index contributed by atoms with van der Waals surface area (Å²) in [5, 5.41) is 9.40. The van der Waals surface area contributed by atoms with Gasteiger partial charge in [-0.3, -0.25) is 9.69 Å². The van der Waals surface area contributed by atoms with Crippen molar-refractivity contribution in [2.75, 3.05) is 13.2 Å². The Morgan fingerprint density at radius 2 is 2.26 bits per heavy atom. The van der Waals surface area contributed by atoms with E-state index >= 15 is 0 Å². The van der Waals surface area contributed by atoms with Gasteiger partial charge in [0.05, 0.1) is 6.61 Å². The maximum atomic E-state index is 11.9. The molecule has 0 radical (unpaired) electrons. The van der Waals surface area contributed by atoms with Gasteiger partial charge in [-0.15, -0.1) is 0 Å². The van der Waals surface area contributed by atoms with Gasteiger partial charge in [0.25, 0.3) is 0 Å². The second-order valence-corrected chi connectivity index (χ2v) is 4.74. The summed E-state index contributed by atoms with van der Waals surface area (Å²) < 4.78 is 10.2. The lowest BCUT2D eigenvalue weighted by atomic mass is 9.75. The van der Waals surface area contributed by atoms with Crippen molar-refractivity contribution in [2.24, 2.45) is 5.92 Å². The van der Waals surface area contributed by atoms with Crippen molar-refractivity contribution in [3.05, 3.63) is 12.2 Å². The molecular formula is C13H16N2O4. The molecule has 3 atom stereocenters. The molecule has 1 saturated heterocycles. The van der Waals surface area contributed by atoms with Crippen molar-refractivity contribution >= 4 is 12.1 Å². The van der Waals surface area contributed by atoms with Crippen LogP contribution in [0, 0.1) is 17.2 Å². The van der Waals surface area contributed by atoms with E-state index in [1.165, 1.54) is 11.8 Å². The summed E-state index contributed by atoms with van der Waals surface area (Å²) in [5.41, 5.74) is -1.30. The van der Waals surface area contributed by atoms with E-state index in [9.17, 15) is 14.9 Å². The molecule has 0 unspecified atom stereocenters. The molecular weight excluding hydrogens is 248 g/mol. The van der Waals surface area contributed by atoms with Crippen molar-refractivity contribution in [1.82, 2.24) is 4.90 Å². The monoisotopic (exact) mass is 264 g/mol. The predicted octanol–water partition coefficient (Wildman–Crippen LogP) is 1.23. The molecule has 0 saturated carbocycles. The molecule has 6 heteroatoms. The summed E-state index contributed by atoms with van der Waals surface area (Å²) in [6.07, 6.45) is 3.65. The molecule has 0 spiro atoms. The first kappa shape index (κ1) is 13.4. The van der Waals surface area contributed by atoms with Crippen molar-refractivity contribution in [3.63, 3.8) is 0 Å². The minimum Gasteiger partial charge on any atom is -0.450 e. The third kappa shape index (κ3) is 2.28. The molecule has 1 aliphatic carbocycles. The molecule has 0 N–H and O–H groups in total. The molecule has 0 aromatic carbocycles. The fourth-order valence-electron chi connectivity index (χ4n) is 2.73. The minimum atomic E-state index is -1.30. The van der Waals surface area contributed by atoms with Gasteiger partial charge in [-0.05, 0) is 12.8 Å². The molecule has 0 aromatic rings. The third-order valence-electron chi connectivity index (χ3n) is 3.39. The van der Waals surface area contributed by atoms with Gasteiger partial charge < -0.3 is 9.47 Å². The number of hydrogen-bond donors (Lipinski definition) is 0. The summed E-state index contributed by atoms with van der Waals surface area (Å²) >= 11 is 0. The maximum absolute atomic E-state index is 11.9. The number of amides is 1. The van der Waals surface area contributed by atoms with E-state index < -0.39 is 23.7 Å². The average Bonchev–Trinajstić information content (AvgIpc) is 2.38.